The second-order valence-corrected chi connectivity index (χ2v) is 12.1. The molecule has 0 bridgehead atoms. The van der Waals surface area contributed by atoms with Gasteiger partial charge in [0.05, 0.1) is 32.2 Å². The van der Waals surface area contributed by atoms with E-state index in [9.17, 15) is 14.4 Å². The third kappa shape index (κ3) is 3.63. The van der Waals surface area contributed by atoms with Crippen LogP contribution in [-0.2, 0) is 0 Å². The number of halogens is 1. The number of ether oxygens (including phenoxy) is 3. The maximum absolute atomic E-state index is 14.9. The molecule has 1 fully saturated rings. The topological polar surface area (TPSA) is 82.1 Å². The fraction of sp³-hybridized carbons (Fsp3) is 0.206. The van der Waals surface area contributed by atoms with E-state index in [-0.39, 0.29) is 17.3 Å². The van der Waals surface area contributed by atoms with Crippen LogP contribution in [0.3, 0.4) is 0 Å². The molecule has 0 saturated carbocycles. The van der Waals surface area contributed by atoms with Crippen molar-refractivity contribution < 1.29 is 28.6 Å². The van der Waals surface area contributed by atoms with Crippen LogP contribution in [0.2, 0.25) is 5.02 Å². The summed E-state index contributed by atoms with van der Waals surface area (Å²) in [6.07, 6.45) is 3.75. The lowest BCUT2D eigenvalue weighted by atomic mass is 9.64. The molecule has 43 heavy (non-hydrogen) atoms. The van der Waals surface area contributed by atoms with Gasteiger partial charge < -0.3 is 19.1 Å². The molecule has 0 unspecified atom stereocenters. The zero-order valence-corrected chi connectivity index (χ0v) is 25.1. The number of Topliss-reactive ketones (excluding diaryl/α,β-unsaturated/α-hetero) is 3. The summed E-state index contributed by atoms with van der Waals surface area (Å²) in [5.74, 6) is -0.787. The maximum Gasteiger partial charge on any atom is 0.203 e. The minimum atomic E-state index is -1.68. The Morgan fingerprint density at radius 2 is 1.60 bits per heavy atom. The molecule has 0 N–H and O–H groups in total. The molecule has 9 heteroatoms. The summed E-state index contributed by atoms with van der Waals surface area (Å²) in [6, 6.07) is 17.7. The molecule has 1 saturated heterocycles. The summed E-state index contributed by atoms with van der Waals surface area (Å²) < 4.78 is 17.2. The second-order valence-electron chi connectivity index (χ2n) is 10.7. The standard InChI is InChI=1S/C34H26ClNO6S/c1-40-24-14-12-22(30(41-2)31(24)42-3)27-28(29(37)25-9-6-16-43-25)36-23-13-11-19(35)17-18(23)10-15-26(36)34(27)32(38)20-7-4-5-8-21(20)33(34)39/h4-17,26-28H,1-3H3/t26-,27-,28-/m1/s1. The first-order chi connectivity index (χ1) is 20.9. The Hall–Kier alpha value is -4.40. The van der Waals surface area contributed by atoms with Gasteiger partial charge in [0.1, 0.15) is 11.5 Å². The molecule has 1 aromatic heterocycles. The summed E-state index contributed by atoms with van der Waals surface area (Å²) >= 11 is 7.71. The van der Waals surface area contributed by atoms with E-state index in [1.165, 1.54) is 32.7 Å². The van der Waals surface area contributed by atoms with Crippen LogP contribution in [-0.4, -0.2) is 50.8 Å². The van der Waals surface area contributed by atoms with E-state index in [2.05, 4.69) is 0 Å². The normalized spacial score (nSPS) is 21.0. The van der Waals surface area contributed by atoms with Crippen molar-refractivity contribution in [2.45, 2.75) is 18.0 Å². The Labute approximate surface area is 257 Å². The Kier molecular flexibility index (Phi) is 6.45. The summed E-state index contributed by atoms with van der Waals surface area (Å²) in [5, 5.41) is 2.38. The number of ketones is 3. The van der Waals surface area contributed by atoms with Crippen molar-refractivity contribution in [3.05, 3.63) is 110 Å². The molecular formula is C34H26ClNO6S. The molecule has 0 amide bonds. The fourth-order valence-electron chi connectivity index (χ4n) is 7.22. The highest BCUT2D eigenvalue weighted by Gasteiger charge is 2.72. The van der Waals surface area contributed by atoms with E-state index in [0.717, 1.165) is 5.56 Å². The Balaban J connectivity index is 1.59. The molecule has 1 aliphatic carbocycles. The lowest BCUT2D eigenvalue weighted by molar-refractivity contribution is 0.0664. The summed E-state index contributed by atoms with van der Waals surface area (Å²) in [6.45, 7) is 0. The van der Waals surface area contributed by atoms with Gasteiger partial charge in [-0.05, 0) is 41.3 Å². The molecule has 1 spiro atoms. The molecule has 3 aliphatic rings. The quantitative estimate of drug-likeness (QED) is 0.176. The van der Waals surface area contributed by atoms with E-state index >= 15 is 0 Å². The third-order valence-electron chi connectivity index (χ3n) is 8.87. The summed E-state index contributed by atoms with van der Waals surface area (Å²) in [5.41, 5.74) is 1.01. The van der Waals surface area contributed by atoms with Gasteiger partial charge in [-0.25, -0.2) is 0 Å². The molecule has 2 aliphatic heterocycles. The molecule has 3 heterocycles. The molecular weight excluding hydrogens is 586 g/mol. The predicted octanol–water partition coefficient (Wildman–Crippen LogP) is 6.74. The van der Waals surface area contributed by atoms with Gasteiger partial charge in [0.2, 0.25) is 5.75 Å². The molecule has 216 valence electrons. The molecule has 3 aromatic carbocycles. The van der Waals surface area contributed by atoms with Gasteiger partial charge in [-0.15, -0.1) is 11.3 Å². The van der Waals surface area contributed by atoms with Gasteiger partial charge in [-0.2, -0.15) is 0 Å². The average Bonchev–Trinajstić information content (AvgIpc) is 3.73. The van der Waals surface area contributed by atoms with Crippen molar-refractivity contribution in [1.82, 2.24) is 0 Å². The van der Waals surface area contributed by atoms with E-state index in [0.29, 0.717) is 49.5 Å². The van der Waals surface area contributed by atoms with E-state index < -0.39 is 23.4 Å². The van der Waals surface area contributed by atoms with Crippen molar-refractivity contribution in [1.29, 1.82) is 0 Å². The first-order valence-electron chi connectivity index (χ1n) is 13.7. The molecule has 7 rings (SSSR count). The lowest BCUT2D eigenvalue weighted by Crippen LogP contribution is -2.48. The minimum absolute atomic E-state index is 0.202. The Morgan fingerprint density at radius 1 is 0.884 bits per heavy atom. The smallest absolute Gasteiger partial charge is 0.203 e. The maximum atomic E-state index is 14.9. The molecule has 7 nitrogen and oxygen atoms in total. The number of nitrogens with zero attached hydrogens (tertiary/aromatic N) is 1. The number of rotatable bonds is 6. The van der Waals surface area contributed by atoms with Crippen molar-refractivity contribution in [2.75, 3.05) is 26.2 Å². The Bertz CT molecular complexity index is 1810. The molecule has 0 radical (unpaired) electrons. The number of carbonyl (C=O) groups excluding carboxylic acids is 3. The monoisotopic (exact) mass is 611 g/mol. The lowest BCUT2D eigenvalue weighted by Gasteiger charge is -2.37. The van der Waals surface area contributed by atoms with Gasteiger partial charge in [0.25, 0.3) is 0 Å². The number of thiophene rings is 1. The first kappa shape index (κ1) is 27.4. The number of anilines is 1. The largest absolute Gasteiger partial charge is 0.493 e. The number of methoxy groups -OCH3 is 3. The Morgan fingerprint density at radius 3 is 2.23 bits per heavy atom. The highest BCUT2D eigenvalue weighted by Crippen LogP contribution is 2.63. The highest BCUT2D eigenvalue weighted by molar-refractivity contribution is 7.12. The zero-order valence-electron chi connectivity index (χ0n) is 23.5. The summed E-state index contributed by atoms with van der Waals surface area (Å²) in [4.78, 5) is 46.9. The van der Waals surface area contributed by atoms with Crippen LogP contribution in [0.5, 0.6) is 17.2 Å². The first-order valence-corrected chi connectivity index (χ1v) is 15.0. The highest BCUT2D eigenvalue weighted by atomic mass is 35.5. The van der Waals surface area contributed by atoms with E-state index in [1.54, 1.807) is 48.5 Å². The van der Waals surface area contributed by atoms with Crippen molar-refractivity contribution >= 4 is 52.1 Å². The van der Waals surface area contributed by atoms with Crippen LogP contribution >= 0.6 is 22.9 Å². The third-order valence-corrected chi connectivity index (χ3v) is 9.99. The summed E-state index contributed by atoms with van der Waals surface area (Å²) in [7, 11) is 4.51. The van der Waals surface area contributed by atoms with E-state index in [4.69, 9.17) is 25.8 Å². The van der Waals surface area contributed by atoms with Gasteiger partial charge in [-0.1, -0.05) is 60.2 Å². The predicted molar refractivity (Wildman–Crippen MR) is 166 cm³/mol. The number of fused-ring (bicyclic) bond motifs is 5. The van der Waals surface area contributed by atoms with Gasteiger partial charge in [-0.3, -0.25) is 14.4 Å². The van der Waals surface area contributed by atoms with Crippen LogP contribution in [0.25, 0.3) is 6.08 Å². The van der Waals surface area contributed by atoms with Gasteiger partial charge in [0.15, 0.2) is 28.8 Å². The number of hydrogen-bond acceptors (Lipinski definition) is 8. The van der Waals surface area contributed by atoms with Crippen LogP contribution in [0, 0.1) is 5.41 Å². The SMILES string of the molecule is COc1ccc([C@@H]2[C@H](C(=O)c3cccs3)N3c4ccc(Cl)cc4C=C[C@@H]3C23C(=O)c2ccccc2C3=O)c(OC)c1OC. The van der Waals surface area contributed by atoms with Crippen LogP contribution in [0.4, 0.5) is 5.69 Å². The van der Waals surface area contributed by atoms with Crippen molar-refractivity contribution in [3.63, 3.8) is 0 Å². The van der Waals surface area contributed by atoms with Crippen LogP contribution < -0.4 is 19.1 Å². The number of carbonyl (C=O) groups is 3. The van der Waals surface area contributed by atoms with Crippen LogP contribution in [0.1, 0.15) is 47.4 Å². The van der Waals surface area contributed by atoms with Crippen molar-refractivity contribution in [3.8, 4) is 17.2 Å². The second kappa shape index (κ2) is 10.1. The minimum Gasteiger partial charge on any atom is -0.493 e. The number of hydrogen-bond donors (Lipinski definition) is 0. The van der Waals surface area contributed by atoms with E-state index in [1.807, 2.05) is 40.6 Å². The van der Waals surface area contributed by atoms with Gasteiger partial charge >= 0.3 is 0 Å². The van der Waals surface area contributed by atoms with Gasteiger partial charge in [0, 0.05) is 33.3 Å². The molecule has 4 aromatic rings. The zero-order chi connectivity index (χ0) is 30.0. The fourth-order valence-corrected chi connectivity index (χ4v) is 8.10. The van der Waals surface area contributed by atoms with Crippen LogP contribution in [0.15, 0.2) is 78.2 Å². The number of benzene rings is 3. The average molecular weight is 612 g/mol. The molecule has 3 atom stereocenters. The van der Waals surface area contributed by atoms with Crippen molar-refractivity contribution in [2.24, 2.45) is 5.41 Å².